The Kier molecular flexibility index (Phi) is 4.10. The van der Waals surface area contributed by atoms with Crippen LogP contribution in [0.3, 0.4) is 0 Å². The summed E-state index contributed by atoms with van der Waals surface area (Å²) in [4.78, 5) is 17.6. The van der Waals surface area contributed by atoms with Gasteiger partial charge >= 0.3 is 0 Å². The molecule has 25 heavy (non-hydrogen) atoms. The van der Waals surface area contributed by atoms with Crippen molar-refractivity contribution in [3.8, 4) is 0 Å². The summed E-state index contributed by atoms with van der Waals surface area (Å²) in [5, 5.41) is 8.64. The van der Waals surface area contributed by atoms with Crippen molar-refractivity contribution in [2.45, 2.75) is 24.9 Å². The third-order valence-electron chi connectivity index (χ3n) is 4.97. The number of hydroxylamine groups is 1. The minimum absolute atomic E-state index is 0.0237. The third kappa shape index (κ3) is 2.75. The second kappa shape index (κ2) is 6.42. The summed E-state index contributed by atoms with van der Waals surface area (Å²) in [6.07, 6.45) is 2.21. The van der Waals surface area contributed by atoms with Gasteiger partial charge < -0.3 is 9.64 Å². The number of amides is 1. The second-order valence-corrected chi connectivity index (χ2v) is 6.32. The summed E-state index contributed by atoms with van der Waals surface area (Å²) >= 11 is 0. The molecular weight excluding hydrogens is 325 g/mol. The van der Waals surface area contributed by atoms with Crippen molar-refractivity contribution >= 4 is 11.6 Å². The summed E-state index contributed by atoms with van der Waals surface area (Å²) in [6, 6.07) is 9.41. The van der Waals surface area contributed by atoms with Crippen LogP contribution in [0, 0.1) is 5.82 Å². The van der Waals surface area contributed by atoms with Crippen molar-refractivity contribution in [3.63, 3.8) is 0 Å². The van der Waals surface area contributed by atoms with Crippen LogP contribution in [0.2, 0.25) is 0 Å². The van der Waals surface area contributed by atoms with Crippen LogP contribution in [0.5, 0.6) is 0 Å². The number of nitrogens with zero attached hydrogens (tertiary/aromatic N) is 2. The first kappa shape index (κ1) is 16.0. The lowest BCUT2D eigenvalue weighted by Gasteiger charge is -2.33. The Labute approximate surface area is 144 Å². The highest BCUT2D eigenvalue weighted by molar-refractivity contribution is 5.93. The maximum absolute atomic E-state index is 14.4. The number of carbonyl (C=O) groups is 1. The average Bonchev–Trinajstić information content (AvgIpc) is 2.97. The number of aromatic nitrogens is 1. The van der Waals surface area contributed by atoms with Crippen LogP contribution >= 0.6 is 0 Å². The van der Waals surface area contributed by atoms with Gasteiger partial charge in [0.25, 0.3) is 5.91 Å². The number of hydrogen-bond donors (Lipinski definition) is 2. The topological polar surface area (TPSA) is 74.7 Å². The number of halogens is 1. The average molecular weight is 343 g/mol. The molecule has 1 fully saturated rings. The number of pyridine rings is 1. The van der Waals surface area contributed by atoms with E-state index < -0.39 is 11.7 Å². The lowest BCUT2D eigenvalue weighted by Crippen LogP contribution is -2.41. The molecule has 4 rings (SSSR count). The summed E-state index contributed by atoms with van der Waals surface area (Å²) in [6.45, 7) is 1.64. The van der Waals surface area contributed by atoms with Crippen LogP contribution in [0.15, 0.2) is 36.5 Å². The minimum Gasteiger partial charge on any atom is -0.379 e. The van der Waals surface area contributed by atoms with Gasteiger partial charge in [0, 0.05) is 24.4 Å². The molecule has 0 bridgehead atoms. The number of carbonyl (C=O) groups excluding carboxylic acids is 1. The van der Waals surface area contributed by atoms with Crippen LogP contribution in [-0.4, -0.2) is 35.4 Å². The predicted octanol–water partition coefficient (Wildman–Crippen LogP) is 2.23. The fourth-order valence-corrected chi connectivity index (χ4v) is 3.77. The Balaban J connectivity index is 1.65. The highest BCUT2D eigenvalue weighted by atomic mass is 19.1. The van der Waals surface area contributed by atoms with Crippen molar-refractivity contribution in [2.75, 3.05) is 18.1 Å². The standard InChI is InChI=1S/C18H18FN3O3/c19-14-7-11(18(23)21-24)8-20-15(14)9-22-16-4-2-1-3-12(16)13-5-6-25-10-17(13)22/h1-4,7-8,13,17,24H,5-6,9-10H2,(H,21,23). The monoisotopic (exact) mass is 343 g/mol. The first-order valence-corrected chi connectivity index (χ1v) is 8.21. The van der Waals surface area contributed by atoms with E-state index in [1.54, 1.807) is 0 Å². The predicted molar refractivity (Wildman–Crippen MR) is 88.0 cm³/mol. The second-order valence-electron chi connectivity index (χ2n) is 6.32. The van der Waals surface area contributed by atoms with E-state index in [4.69, 9.17) is 9.94 Å². The number of ether oxygens (including phenoxy) is 1. The van der Waals surface area contributed by atoms with Gasteiger partial charge in [-0.1, -0.05) is 18.2 Å². The van der Waals surface area contributed by atoms with Crippen LogP contribution in [0.1, 0.15) is 34.0 Å². The molecule has 6 nitrogen and oxygen atoms in total. The maximum Gasteiger partial charge on any atom is 0.276 e. The van der Waals surface area contributed by atoms with E-state index in [-0.39, 0.29) is 17.3 Å². The zero-order chi connectivity index (χ0) is 17.4. The first-order valence-electron chi connectivity index (χ1n) is 8.21. The molecule has 0 saturated carbocycles. The van der Waals surface area contributed by atoms with E-state index in [0.717, 1.165) is 24.8 Å². The van der Waals surface area contributed by atoms with Gasteiger partial charge in [-0.3, -0.25) is 15.0 Å². The molecule has 1 aromatic carbocycles. The van der Waals surface area contributed by atoms with Crippen molar-refractivity contribution in [2.24, 2.45) is 0 Å². The first-order chi connectivity index (χ1) is 12.2. The number of fused-ring (bicyclic) bond motifs is 3. The van der Waals surface area contributed by atoms with Gasteiger partial charge in [0.2, 0.25) is 0 Å². The van der Waals surface area contributed by atoms with E-state index in [1.165, 1.54) is 17.2 Å². The van der Waals surface area contributed by atoms with Gasteiger partial charge in [-0.2, -0.15) is 0 Å². The molecule has 3 heterocycles. The highest BCUT2D eigenvalue weighted by Gasteiger charge is 2.40. The van der Waals surface area contributed by atoms with Crippen LogP contribution in [-0.2, 0) is 11.3 Å². The fourth-order valence-electron chi connectivity index (χ4n) is 3.77. The maximum atomic E-state index is 14.4. The van der Waals surface area contributed by atoms with Gasteiger partial charge in [0.1, 0.15) is 5.82 Å². The molecule has 2 aliphatic rings. The van der Waals surface area contributed by atoms with Crippen LogP contribution in [0.25, 0.3) is 0 Å². The summed E-state index contributed by atoms with van der Waals surface area (Å²) < 4.78 is 20.1. The Morgan fingerprint density at radius 2 is 2.28 bits per heavy atom. The van der Waals surface area contributed by atoms with Crippen LogP contribution < -0.4 is 10.4 Å². The van der Waals surface area contributed by atoms with E-state index in [9.17, 15) is 9.18 Å². The number of nitrogens with one attached hydrogen (secondary N) is 1. The molecule has 1 amide bonds. The van der Waals surface area contributed by atoms with Crippen LogP contribution in [0.4, 0.5) is 10.1 Å². The summed E-state index contributed by atoms with van der Waals surface area (Å²) in [5.41, 5.74) is 4.07. The molecule has 0 aliphatic carbocycles. The molecule has 2 aliphatic heterocycles. The van der Waals surface area contributed by atoms with E-state index in [2.05, 4.69) is 16.0 Å². The molecule has 0 spiro atoms. The quantitative estimate of drug-likeness (QED) is 0.660. The number of anilines is 1. The Bertz CT molecular complexity index is 814. The Morgan fingerprint density at radius 3 is 3.08 bits per heavy atom. The molecule has 7 heteroatoms. The van der Waals surface area contributed by atoms with Gasteiger partial charge in [-0.25, -0.2) is 9.87 Å². The molecule has 1 saturated heterocycles. The SMILES string of the molecule is O=C(NO)c1cnc(CN2c3ccccc3C3CCOCC32)c(F)c1. The van der Waals surface area contributed by atoms with Gasteiger partial charge in [-0.15, -0.1) is 0 Å². The Morgan fingerprint density at radius 1 is 1.44 bits per heavy atom. The van der Waals surface area contributed by atoms with E-state index >= 15 is 0 Å². The summed E-state index contributed by atoms with van der Waals surface area (Å²) in [5.74, 6) is -0.976. The van der Waals surface area contributed by atoms with E-state index in [1.807, 2.05) is 18.2 Å². The van der Waals surface area contributed by atoms with Crippen molar-refractivity contribution in [1.82, 2.24) is 10.5 Å². The lowest BCUT2D eigenvalue weighted by molar-refractivity contribution is 0.0705. The van der Waals surface area contributed by atoms with Crippen molar-refractivity contribution < 1.29 is 19.1 Å². The fraction of sp³-hybridized carbons (Fsp3) is 0.333. The number of benzene rings is 1. The molecular formula is C18H18FN3O3. The van der Waals surface area contributed by atoms with Gasteiger partial charge in [0.05, 0.1) is 30.5 Å². The number of hydrogen-bond acceptors (Lipinski definition) is 5. The number of rotatable bonds is 3. The van der Waals surface area contributed by atoms with Crippen molar-refractivity contribution in [3.05, 3.63) is 59.2 Å². The zero-order valence-corrected chi connectivity index (χ0v) is 13.5. The van der Waals surface area contributed by atoms with Crippen molar-refractivity contribution in [1.29, 1.82) is 0 Å². The summed E-state index contributed by atoms with van der Waals surface area (Å²) in [7, 11) is 0. The van der Waals surface area contributed by atoms with Gasteiger partial charge in [0.15, 0.2) is 0 Å². The highest BCUT2D eigenvalue weighted by Crippen LogP contribution is 2.45. The lowest BCUT2D eigenvalue weighted by atomic mass is 9.91. The molecule has 1 aromatic heterocycles. The minimum atomic E-state index is -0.787. The molecule has 2 atom stereocenters. The smallest absolute Gasteiger partial charge is 0.276 e. The van der Waals surface area contributed by atoms with Gasteiger partial charge in [-0.05, 0) is 24.1 Å². The zero-order valence-electron chi connectivity index (χ0n) is 13.5. The largest absolute Gasteiger partial charge is 0.379 e. The molecule has 2 aromatic rings. The molecule has 2 N–H and O–H groups in total. The Hall–Kier alpha value is -2.51. The third-order valence-corrected chi connectivity index (χ3v) is 4.97. The molecule has 130 valence electrons. The number of para-hydroxylation sites is 1. The molecule has 0 radical (unpaired) electrons. The van der Waals surface area contributed by atoms with E-state index in [0.29, 0.717) is 19.1 Å². The normalized spacial score (nSPS) is 21.6. The molecule has 2 unspecified atom stereocenters.